The predicted octanol–water partition coefficient (Wildman–Crippen LogP) is 5.37. The quantitative estimate of drug-likeness (QED) is 0.609. The van der Waals surface area contributed by atoms with Crippen LogP contribution in [-0.2, 0) is 29.0 Å². The molecule has 172 valence electrons. The molecular formula is C22H28ClF3N2O2S. The average Bonchev–Trinajstić information content (AvgIpc) is 2.89. The van der Waals surface area contributed by atoms with E-state index >= 15 is 0 Å². The van der Waals surface area contributed by atoms with Crippen molar-refractivity contribution >= 4 is 28.1 Å². The van der Waals surface area contributed by atoms with Crippen molar-refractivity contribution in [2.24, 2.45) is 5.92 Å². The second-order valence-electron chi connectivity index (χ2n) is 7.93. The van der Waals surface area contributed by atoms with Gasteiger partial charge in [-0.15, -0.1) is 12.4 Å². The fraction of sp³-hybridized carbons (Fsp3) is 0.455. The lowest BCUT2D eigenvalue weighted by Gasteiger charge is -2.23. The number of benzene rings is 2. The van der Waals surface area contributed by atoms with Crippen molar-refractivity contribution in [1.29, 1.82) is 0 Å². The van der Waals surface area contributed by atoms with Crippen LogP contribution in [0.4, 0.5) is 18.9 Å². The number of fused-ring (bicyclic) bond motifs is 1. The smallest absolute Gasteiger partial charge is 0.302 e. The summed E-state index contributed by atoms with van der Waals surface area (Å²) in [6.45, 7) is 7.39. The lowest BCUT2D eigenvalue weighted by molar-refractivity contribution is -0.137. The molecule has 1 atom stereocenters. The Hall–Kier alpha value is -1.77. The third-order valence-electron chi connectivity index (χ3n) is 5.61. The van der Waals surface area contributed by atoms with E-state index in [1.165, 1.54) is 5.56 Å². The van der Waals surface area contributed by atoms with Crippen LogP contribution in [-0.4, -0.2) is 33.0 Å². The zero-order valence-corrected chi connectivity index (χ0v) is 19.2. The number of anilines is 1. The Kier molecular flexibility index (Phi) is 8.41. The van der Waals surface area contributed by atoms with Gasteiger partial charge in [-0.1, -0.05) is 26.3 Å². The molecule has 0 saturated heterocycles. The van der Waals surface area contributed by atoms with Crippen LogP contribution in [0.15, 0.2) is 47.4 Å². The van der Waals surface area contributed by atoms with Gasteiger partial charge in [-0.25, -0.2) is 8.42 Å². The molecule has 0 spiro atoms. The fourth-order valence-corrected chi connectivity index (χ4v) is 4.67. The maximum atomic E-state index is 12.7. The van der Waals surface area contributed by atoms with Crippen molar-refractivity contribution in [3.63, 3.8) is 0 Å². The number of halogens is 4. The highest BCUT2D eigenvalue weighted by molar-refractivity contribution is 7.92. The van der Waals surface area contributed by atoms with Gasteiger partial charge in [0.05, 0.1) is 10.5 Å². The molecule has 1 unspecified atom stereocenters. The lowest BCUT2D eigenvalue weighted by atomic mass is 10.0. The molecule has 31 heavy (non-hydrogen) atoms. The summed E-state index contributed by atoms with van der Waals surface area (Å²) in [4.78, 5) is 2.24. The molecule has 0 radical (unpaired) electrons. The Morgan fingerprint density at radius 3 is 2.23 bits per heavy atom. The second-order valence-corrected chi connectivity index (χ2v) is 9.61. The van der Waals surface area contributed by atoms with Crippen LogP contribution in [0.5, 0.6) is 0 Å². The summed E-state index contributed by atoms with van der Waals surface area (Å²) in [5, 5.41) is 0. The second kappa shape index (κ2) is 10.2. The Labute approximate surface area is 188 Å². The van der Waals surface area contributed by atoms with Gasteiger partial charge in [0.1, 0.15) is 0 Å². The summed E-state index contributed by atoms with van der Waals surface area (Å²) in [6, 6.07) is 8.99. The molecule has 1 aliphatic rings. The number of alkyl halides is 3. The van der Waals surface area contributed by atoms with Gasteiger partial charge in [-0.3, -0.25) is 4.72 Å². The topological polar surface area (TPSA) is 49.4 Å². The summed E-state index contributed by atoms with van der Waals surface area (Å²) >= 11 is 0. The van der Waals surface area contributed by atoms with Gasteiger partial charge < -0.3 is 4.90 Å². The average molecular weight is 477 g/mol. The monoisotopic (exact) mass is 476 g/mol. The van der Waals surface area contributed by atoms with Gasteiger partial charge in [0.15, 0.2) is 0 Å². The number of nitrogens with one attached hydrogen (secondary N) is 1. The van der Waals surface area contributed by atoms with Crippen LogP contribution in [0.1, 0.15) is 37.0 Å². The van der Waals surface area contributed by atoms with E-state index in [9.17, 15) is 21.6 Å². The highest BCUT2D eigenvalue weighted by atomic mass is 35.5. The first-order valence-corrected chi connectivity index (χ1v) is 11.6. The van der Waals surface area contributed by atoms with Gasteiger partial charge in [-0.2, -0.15) is 13.2 Å². The van der Waals surface area contributed by atoms with Crippen molar-refractivity contribution in [3.05, 3.63) is 59.2 Å². The minimum atomic E-state index is -4.50. The fourth-order valence-electron chi connectivity index (χ4n) is 3.62. The Bertz CT molecular complexity index is 979. The molecule has 2 aromatic carbocycles. The highest BCUT2D eigenvalue weighted by Crippen LogP contribution is 2.30. The molecule has 0 amide bonds. The molecule has 0 aliphatic carbocycles. The zero-order chi connectivity index (χ0) is 21.9. The third-order valence-corrected chi connectivity index (χ3v) is 7.01. The largest absolute Gasteiger partial charge is 0.416 e. The van der Waals surface area contributed by atoms with Gasteiger partial charge in [0, 0.05) is 25.3 Å². The molecule has 1 N–H and O–H groups in total. The standard InChI is InChI=1S/C22H27F3N2O2S.ClH/c1-3-16(2)15-27-12-10-17-4-7-20(14-18(17)11-13-27)26-30(28,29)21-8-5-19(6-9-21)22(23,24)25;/h4-9,14,16,26H,3,10-13,15H2,1-2H3;1H. The lowest BCUT2D eigenvalue weighted by Crippen LogP contribution is -2.30. The molecule has 3 rings (SSSR count). The van der Waals surface area contributed by atoms with E-state index in [4.69, 9.17) is 0 Å². The van der Waals surface area contributed by atoms with Crippen molar-refractivity contribution in [2.45, 2.75) is 44.2 Å². The van der Waals surface area contributed by atoms with Gasteiger partial charge >= 0.3 is 6.18 Å². The van der Waals surface area contributed by atoms with Crippen molar-refractivity contribution < 1.29 is 21.6 Å². The third kappa shape index (κ3) is 6.60. The SMILES string of the molecule is CCC(C)CN1CCc2ccc(NS(=O)(=O)c3ccc(C(F)(F)F)cc3)cc2CC1.Cl. The molecule has 0 saturated carbocycles. The van der Waals surface area contributed by atoms with E-state index in [2.05, 4.69) is 23.5 Å². The Balaban J connectivity index is 0.00000341. The molecule has 1 heterocycles. The number of sulfonamides is 1. The Morgan fingerprint density at radius 2 is 1.65 bits per heavy atom. The predicted molar refractivity (Wildman–Crippen MR) is 119 cm³/mol. The van der Waals surface area contributed by atoms with Crippen molar-refractivity contribution in [3.8, 4) is 0 Å². The molecule has 0 bridgehead atoms. The first kappa shape index (κ1) is 25.5. The van der Waals surface area contributed by atoms with Gasteiger partial charge in [0.2, 0.25) is 0 Å². The maximum Gasteiger partial charge on any atom is 0.416 e. The summed E-state index contributed by atoms with van der Waals surface area (Å²) < 4.78 is 65.8. The van der Waals surface area contributed by atoms with Gasteiger partial charge in [-0.05, 0) is 66.3 Å². The van der Waals surface area contributed by atoms with Crippen LogP contribution in [0.2, 0.25) is 0 Å². The Morgan fingerprint density at radius 1 is 1.03 bits per heavy atom. The van der Waals surface area contributed by atoms with Gasteiger partial charge in [0.25, 0.3) is 10.0 Å². The van der Waals surface area contributed by atoms with E-state index in [0.29, 0.717) is 11.6 Å². The van der Waals surface area contributed by atoms with Crippen LogP contribution < -0.4 is 4.72 Å². The number of rotatable bonds is 6. The minimum absolute atomic E-state index is 0. The van der Waals surface area contributed by atoms with Crippen LogP contribution in [0.25, 0.3) is 0 Å². The molecule has 2 aromatic rings. The van der Waals surface area contributed by atoms with E-state index in [0.717, 1.165) is 68.7 Å². The van der Waals surface area contributed by atoms with Crippen LogP contribution in [0, 0.1) is 5.92 Å². The van der Waals surface area contributed by atoms with E-state index in [1.807, 2.05) is 12.1 Å². The molecule has 0 aromatic heterocycles. The van der Waals surface area contributed by atoms with Crippen molar-refractivity contribution in [2.75, 3.05) is 24.4 Å². The molecule has 1 aliphatic heterocycles. The normalized spacial score (nSPS) is 16.0. The van der Waals surface area contributed by atoms with Crippen LogP contribution >= 0.6 is 12.4 Å². The highest BCUT2D eigenvalue weighted by Gasteiger charge is 2.30. The summed E-state index contributed by atoms with van der Waals surface area (Å²) in [6.07, 6.45) is -1.62. The van der Waals surface area contributed by atoms with E-state index in [1.54, 1.807) is 6.07 Å². The summed E-state index contributed by atoms with van der Waals surface area (Å²) in [5.41, 5.74) is 1.85. The number of nitrogens with zero attached hydrogens (tertiary/aromatic N) is 1. The molecular weight excluding hydrogens is 449 g/mol. The first-order valence-electron chi connectivity index (χ1n) is 10.1. The van der Waals surface area contributed by atoms with E-state index in [-0.39, 0.29) is 17.3 Å². The van der Waals surface area contributed by atoms with Crippen molar-refractivity contribution in [1.82, 2.24) is 4.90 Å². The van der Waals surface area contributed by atoms with Crippen LogP contribution in [0.3, 0.4) is 0 Å². The summed E-state index contributed by atoms with van der Waals surface area (Å²) in [7, 11) is -3.97. The minimum Gasteiger partial charge on any atom is -0.302 e. The summed E-state index contributed by atoms with van der Waals surface area (Å²) in [5.74, 6) is 0.636. The zero-order valence-electron chi connectivity index (χ0n) is 17.6. The maximum absolute atomic E-state index is 12.7. The van der Waals surface area contributed by atoms with E-state index < -0.39 is 21.8 Å². The molecule has 9 heteroatoms. The number of hydrogen-bond donors (Lipinski definition) is 1. The first-order chi connectivity index (χ1) is 14.1. The molecule has 0 fully saturated rings. The number of hydrogen-bond acceptors (Lipinski definition) is 3. The molecule has 4 nitrogen and oxygen atoms in total.